The zero-order valence-electron chi connectivity index (χ0n) is 14.5. The van der Waals surface area contributed by atoms with Gasteiger partial charge in [0, 0.05) is 18.2 Å². The van der Waals surface area contributed by atoms with Crippen LogP contribution in [0, 0.1) is 5.92 Å². The van der Waals surface area contributed by atoms with E-state index in [4.69, 9.17) is 0 Å². The van der Waals surface area contributed by atoms with Crippen molar-refractivity contribution < 1.29 is 4.79 Å². The van der Waals surface area contributed by atoms with Crippen LogP contribution >= 0.6 is 0 Å². The van der Waals surface area contributed by atoms with Crippen LogP contribution in [0.3, 0.4) is 0 Å². The number of amides is 1. The van der Waals surface area contributed by atoms with E-state index in [1.165, 1.54) is 18.4 Å². The van der Waals surface area contributed by atoms with E-state index >= 15 is 0 Å². The standard InChI is InChI=1S/C22H27NO/c1-18-12-14-21(15-13-18)23(17-16-19-8-4-2-5-9-19)22(24)20-10-6-3-7-11-20/h2-11,18,21H,12-17H2,1H3. The average molecular weight is 321 g/mol. The maximum Gasteiger partial charge on any atom is 0.254 e. The molecular formula is C22H27NO. The van der Waals surface area contributed by atoms with Gasteiger partial charge in [0.05, 0.1) is 0 Å². The van der Waals surface area contributed by atoms with Crippen LogP contribution in [0.25, 0.3) is 0 Å². The molecule has 0 N–H and O–H groups in total. The topological polar surface area (TPSA) is 20.3 Å². The first-order valence-electron chi connectivity index (χ1n) is 9.14. The first-order valence-corrected chi connectivity index (χ1v) is 9.14. The molecule has 1 fully saturated rings. The molecule has 0 aromatic heterocycles. The van der Waals surface area contributed by atoms with Crippen molar-refractivity contribution in [3.05, 3.63) is 71.8 Å². The Morgan fingerprint density at radius 2 is 1.50 bits per heavy atom. The average Bonchev–Trinajstić information content (AvgIpc) is 2.65. The smallest absolute Gasteiger partial charge is 0.254 e. The van der Waals surface area contributed by atoms with Gasteiger partial charge in [-0.1, -0.05) is 55.5 Å². The van der Waals surface area contributed by atoms with Gasteiger partial charge in [-0.05, 0) is 55.7 Å². The van der Waals surface area contributed by atoms with Crippen LogP contribution in [-0.2, 0) is 6.42 Å². The van der Waals surface area contributed by atoms with Gasteiger partial charge in [-0.3, -0.25) is 4.79 Å². The van der Waals surface area contributed by atoms with Crippen molar-refractivity contribution >= 4 is 5.91 Å². The Labute approximate surface area is 145 Å². The summed E-state index contributed by atoms with van der Waals surface area (Å²) in [5, 5.41) is 0. The largest absolute Gasteiger partial charge is 0.335 e. The summed E-state index contributed by atoms with van der Waals surface area (Å²) in [6.07, 6.45) is 5.65. The number of carbonyl (C=O) groups excluding carboxylic acids is 1. The van der Waals surface area contributed by atoms with Crippen LogP contribution in [-0.4, -0.2) is 23.4 Å². The second kappa shape index (κ2) is 8.14. The molecule has 2 heteroatoms. The molecule has 0 heterocycles. The first-order chi connectivity index (χ1) is 11.7. The quantitative estimate of drug-likeness (QED) is 0.763. The van der Waals surface area contributed by atoms with Crippen molar-refractivity contribution in [1.82, 2.24) is 4.90 Å². The molecule has 0 bridgehead atoms. The van der Waals surface area contributed by atoms with Crippen LogP contribution < -0.4 is 0 Å². The number of hydrogen-bond donors (Lipinski definition) is 0. The fourth-order valence-corrected chi connectivity index (χ4v) is 3.64. The molecule has 2 nitrogen and oxygen atoms in total. The number of benzene rings is 2. The Morgan fingerprint density at radius 1 is 0.917 bits per heavy atom. The lowest BCUT2D eigenvalue weighted by molar-refractivity contribution is 0.0617. The molecule has 2 aromatic carbocycles. The molecule has 2 aromatic rings. The minimum atomic E-state index is 0.186. The van der Waals surface area contributed by atoms with Gasteiger partial charge in [0.25, 0.3) is 5.91 Å². The lowest BCUT2D eigenvalue weighted by Gasteiger charge is -2.36. The van der Waals surface area contributed by atoms with Gasteiger partial charge in [0.1, 0.15) is 0 Å². The van der Waals surface area contributed by atoms with Crippen LogP contribution in [0.1, 0.15) is 48.5 Å². The highest BCUT2D eigenvalue weighted by molar-refractivity contribution is 5.94. The Balaban J connectivity index is 1.74. The molecule has 0 saturated heterocycles. The Bertz CT molecular complexity index is 630. The fraction of sp³-hybridized carbons (Fsp3) is 0.409. The third-order valence-corrected chi connectivity index (χ3v) is 5.19. The van der Waals surface area contributed by atoms with Crippen molar-refractivity contribution in [2.75, 3.05) is 6.54 Å². The molecule has 1 saturated carbocycles. The Morgan fingerprint density at radius 3 is 2.12 bits per heavy atom. The van der Waals surface area contributed by atoms with Crippen molar-refractivity contribution in [1.29, 1.82) is 0 Å². The second-order valence-corrected chi connectivity index (χ2v) is 7.01. The van der Waals surface area contributed by atoms with Gasteiger partial charge in [-0.2, -0.15) is 0 Å². The molecule has 1 amide bonds. The summed E-state index contributed by atoms with van der Waals surface area (Å²) in [6.45, 7) is 3.13. The van der Waals surface area contributed by atoms with Crippen molar-refractivity contribution in [2.45, 2.75) is 45.1 Å². The summed E-state index contributed by atoms with van der Waals surface area (Å²) in [6, 6.07) is 20.6. The summed E-state index contributed by atoms with van der Waals surface area (Å²) >= 11 is 0. The Hall–Kier alpha value is -2.09. The van der Waals surface area contributed by atoms with E-state index in [0.717, 1.165) is 37.3 Å². The van der Waals surface area contributed by atoms with Crippen LogP contribution in [0.4, 0.5) is 0 Å². The maximum absolute atomic E-state index is 13.1. The van der Waals surface area contributed by atoms with Crippen LogP contribution in [0.15, 0.2) is 60.7 Å². The van der Waals surface area contributed by atoms with E-state index in [0.29, 0.717) is 6.04 Å². The van der Waals surface area contributed by atoms with E-state index in [1.807, 2.05) is 36.4 Å². The third-order valence-electron chi connectivity index (χ3n) is 5.19. The normalized spacial score (nSPS) is 20.5. The fourth-order valence-electron chi connectivity index (χ4n) is 3.64. The summed E-state index contributed by atoms with van der Waals surface area (Å²) in [7, 11) is 0. The molecule has 1 aliphatic carbocycles. The van der Waals surface area contributed by atoms with E-state index in [-0.39, 0.29) is 5.91 Å². The van der Waals surface area contributed by atoms with Gasteiger partial charge in [-0.25, -0.2) is 0 Å². The highest BCUT2D eigenvalue weighted by Crippen LogP contribution is 2.28. The van der Waals surface area contributed by atoms with Gasteiger partial charge in [0.15, 0.2) is 0 Å². The molecule has 24 heavy (non-hydrogen) atoms. The molecule has 126 valence electrons. The maximum atomic E-state index is 13.1. The molecular weight excluding hydrogens is 294 g/mol. The van der Waals surface area contributed by atoms with Gasteiger partial charge in [-0.15, -0.1) is 0 Å². The van der Waals surface area contributed by atoms with E-state index < -0.39 is 0 Å². The predicted octanol–water partition coefficient (Wildman–Crippen LogP) is 4.95. The van der Waals surface area contributed by atoms with Crippen molar-refractivity contribution in [2.24, 2.45) is 5.92 Å². The van der Waals surface area contributed by atoms with E-state index in [2.05, 4.69) is 36.1 Å². The molecule has 3 rings (SSSR count). The summed E-state index contributed by atoms with van der Waals surface area (Å²) < 4.78 is 0. The van der Waals surface area contributed by atoms with Crippen LogP contribution in [0.2, 0.25) is 0 Å². The minimum Gasteiger partial charge on any atom is -0.335 e. The monoisotopic (exact) mass is 321 g/mol. The van der Waals surface area contributed by atoms with Crippen molar-refractivity contribution in [3.8, 4) is 0 Å². The van der Waals surface area contributed by atoms with E-state index in [9.17, 15) is 4.79 Å². The van der Waals surface area contributed by atoms with E-state index in [1.54, 1.807) is 0 Å². The molecule has 1 aliphatic rings. The lowest BCUT2D eigenvalue weighted by atomic mass is 9.86. The highest BCUT2D eigenvalue weighted by atomic mass is 16.2. The highest BCUT2D eigenvalue weighted by Gasteiger charge is 2.27. The van der Waals surface area contributed by atoms with Crippen LogP contribution in [0.5, 0.6) is 0 Å². The molecule has 0 aliphatic heterocycles. The first kappa shape index (κ1) is 16.8. The minimum absolute atomic E-state index is 0.186. The SMILES string of the molecule is CC1CCC(N(CCc2ccccc2)C(=O)c2ccccc2)CC1. The lowest BCUT2D eigenvalue weighted by Crippen LogP contribution is -2.43. The zero-order valence-corrected chi connectivity index (χ0v) is 14.5. The molecule has 0 spiro atoms. The van der Waals surface area contributed by atoms with Crippen molar-refractivity contribution in [3.63, 3.8) is 0 Å². The molecule has 0 atom stereocenters. The molecule has 0 unspecified atom stereocenters. The van der Waals surface area contributed by atoms with Gasteiger partial charge >= 0.3 is 0 Å². The zero-order chi connectivity index (χ0) is 16.8. The van der Waals surface area contributed by atoms with Gasteiger partial charge in [0.2, 0.25) is 0 Å². The second-order valence-electron chi connectivity index (χ2n) is 7.01. The predicted molar refractivity (Wildman–Crippen MR) is 99.0 cm³/mol. The number of rotatable bonds is 5. The number of hydrogen-bond acceptors (Lipinski definition) is 1. The molecule has 0 radical (unpaired) electrons. The number of carbonyl (C=O) groups is 1. The summed E-state index contributed by atoms with van der Waals surface area (Å²) in [5.74, 6) is 0.982. The number of nitrogens with zero attached hydrogens (tertiary/aromatic N) is 1. The summed E-state index contributed by atoms with van der Waals surface area (Å²) in [4.78, 5) is 15.2. The van der Waals surface area contributed by atoms with Gasteiger partial charge < -0.3 is 4.90 Å². The Kier molecular flexibility index (Phi) is 5.68. The summed E-state index contributed by atoms with van der Waals surface area (Å²) in [5.41, 5.74) is 2.11. The third kappa shape index (κ3) is 4.25.